The Kier molecular flexibility index (Phi) is 11.7. The van der Waals surface area contributed by atoms with Crippen LogP contribution in [0.3, 0.4) is 0 Å². The van der Waals surface area contributed by atoms with Gasteiger partial charge in [-0.25, -0.2) is 4.98 Å². The van der Waals surface area contributed by atoms with Gasteiger partial charge in [-0.05, 0) is 91.1 Å². The zero-order valence-electron chi connectivity index (χ0n) is 41.1. The number of phenols is 1. The van der Waals surface area contributed by atoms with Gasteiger partial charge >= 0.3 is 0 Å². The number of nitrogens with zero attached hydrogens (tertiary/aromatic N) is 3. The Morgan fingerprint density at radius 3 is 1.82 bits per heavy atom. The summed E-state index contributed by atoms with van der Waals surface area (Å²) in [5.41, 5.74) is 18.9. The molecule has 1 aliphatic carbocycles. The molecule has 68 heavy (non-hydrogen) atoms. The summed E-state index contributed by atoms with van der Waals surface area (Å²) in [5.74, 6) is 0.928. The van der Waals surface area contributed by atoms with Gasteiger partial charge in [-0.2, -0.15) is 0 Å². The third kappa shape index (κ3) is 8.05. The van der Waals surface area contributed by atoms with Gasteiger partial charge in [-0.1, -0.05) is 202 Å². The van der Waals surface area contributed by atoms with Crippen LogP contribution >= 0.6 is 0 Å². The second-order valence-corrected chi connectivity index (χ2v) is 22.0. The molecular weight excluding hydrogens is 1010 g/mol. The SMILES string of the molecule is CC(C)(C)c1ccc(-n2c(-c3cc(C(C)(C)C)cc(C(C)(C)C)c3O)nc3c(-c4[c-]c(-c5nccc6c5C(C)(C)c5ccccc5-6)cc(-c5ccccc5)c4)cccc32)c(-c2ccccc2)c1.[Pt]. The van der Waals surface area contributed by atoms with Gasteiger partial charge in [-0.15, -0.1) is 23.8 Å². The fourth-order valence-corrected chi connectivity index (χ4v) is 10.2. The van der Waals surface area contributed by atoms with Crippen LogP contribution in [0.5, 0.6) is 5.75 Å². The van der Waals surface area contributed by atoms with E-state index in [2.05, 4.69) is 238 Å². The fourth-order valence-electron chi connectivity index (χ4n) is 10.2. The van der Waals surface area contributed by atoms with Crippen molar-refractivity contribution < 1.29 is 26.2 Å². The molecule has 1 N–H and O–H groups in total. The third-order valence-electron chi connectivity index (χ3n) is 13.9. The summed E-state index contributed by atoms with van der Waals surface area (Å²) in [6.07, 6.45) is 1.95. The van der Waals surface area contributed by atoms with Crippen LogP contribution in [-0.4, -0.2) is 19.6 Å². The van der Waals surface area contributed by atoms with Gasteiger partial charge in [0.15, 0.2) is 0 Å². The number of rotatable bonds is 6. The number of fused-ring (bicyclic) bond motifs is 4. The van der Waals surface area contributed by atoms with Gasteiger partial charge in [0.2, 0.25) is 0 Å². The van der Waals surface area contributed by atoms with Crippen molar-refractivity contribution in [2.24, 2.45) is 0 Å². The molecule has 0 bridgehead atoms. The molecule has 0 fully saturated rings. The molecule has 0 aliphatic heterocycles. The van der Waals surface area contributed by atoms with Crippen LogP contribution in [-0.2, 0) is 42.7 Å². The molecule has 0 saturated heterocycles. The van der Waals surface area contributed by atoms with Gasteiger partial charge in [0.05, 0.1) is 22.3 Å². The Morgan fingerprint density at radius 2 is 1.15 bits per heavy atom. The van der Waals surface area contributed by atoms with Crippen LogP contribution in [0.4, 0.5) is 0 Å². The number of pyridine rings is 1. The summed E-state index contributed by atoms with van der Waals surface area (Å²) in [7, 11) is 0. The van der Waals surface area contributed by atoms with Gasteiger partial charge in [-0.3, -0.25) is 9.55 Å². The van der Waals surface area contributed by atoms with E-state index >= 15 is 0 Å². The zero-order valence-corrected chi connectivity index (χ0v) is 43.4. The Balaban J connectivity index is 0.00000578. The van der Waals surface area contributed by atoms with Gasteiger partial charge in [0.1, 0.15) is 11.6 Å². The smallest absolute Gasteiger partial charge is 0.148 e. The molecule has 7 aromatic carbocycles. The van der Waals surface area contributed by atoms with Crippen LogP contribution in [0.2, 0.25) is 0 Å². The minimum Gasteiger partial charge on any atom is -0.507 e. The summed E-state index contributed by atoms with van der Waals surface area (Å²) in [6.45, 7) is 24.6. The first-order chi connectivity index (χ1) is 31.8. The summed E-state index contributed by atoms with van der Waals surface area (Å²) in [6, 6.07) is 58.3. The molecule has 2 heterocycles. The molecule has 2 aromatic heterocycles. The van der Waals surface area contributed by atoms with Crippen molar-refractivity contribution in [3.05, 3.63) is 192 Å². The van der Waals surface area contributed by atoms with Gasteiger partial charge in [0.25, 0.3) is 0 Å². The number of phenolic OH excluding ortho intramolecular Hbond substituents is 1. The standard InChI is InChI=1S/C63H60N3O.Pt/c1-60(2,3)44-29-30-53(49(36-44)40-23-16-13-17-24-40)66-54-28-20-26-46(57(54)65-59(66)50-37-45(61(4,5)6)38-52(58(50)67)62(7,8)9)42-33-41(39-21-14-12-15-22-39)34-43(35-42)56-55-48(31-32-64-56)47-25-18-19-27-51(47)63(55,10)11;/h12-34,36-38,67H,1-11H3;/q-1;. The van der Waals surface area contributed by atoms with E-state index < -0.39 is 0 Å². The second-order valence-electron chi connectivity index (χ2n) is 22.0. The predicted octanol–water partition coefficient (Wildman–Crippen LogP) is 16.5. The Bertz CT molecular complexity index is 3380. The van der Waals surface area contributed by atoms with Crippen molar-refractivity contribution in [3.8, 4) is 78.6 Å². The maximum Gasteiger partial charge on any atom is 0.148 e. The number of benzene rings is 7. The molecule has 5 heteroatoms. The first-order valence-corrected chi connectivity index (χ1v) is 23.6. The average molecular weight is 1070 g/mol. The Morgan fingerprint density at radius 1 is 0.529 bits per heavy atom. The Hall–Kier alpha value is -6.35. The van der Waals surface area contributed by atoms with E-state index in [1.54, 1.807) is 0 Å². The van der Waals surface area contributed by atoms with Crippen LogP contribution in [0.1, 0.15) is 104 Å². The third-order valence-corrected chi connectivity index (χ3v) is 13.9. The second kappa shape index (κ2) is 17.0. The van der Waals surface area contributed by atoms with Crippen molar-refractivity contribution in [2.75, 3.05) is 0 Å². The minimum atomic E-state index is -0.337. The molecule has 0 amide bonds. The Labute approximate surface area is 417 Å². The predicted molar refractivity (Wildman–Crippen MR) is 280 cm³/mol. The summed E-state index contributed by atoms with van der Waals surface area (Å²) in [4.78, 5) is 10.9. The number of hydrogen-bond acceptors (Lipinski definition) is 3. The molecule has 0 radical (unpaired) electrons. The molecule has 10 rings (SSSR count). The van der Waals surface area contributed by atoms with Crippen molar-refractivity contribution >= 4 is 11.0 Å². The maximum absolute atomic E-state index is 12.6. The fraction of sp³-hybridized carbons (Fsp3) is 0.238. The van der Waals surface area contributed by atoms with Crippen molar-refractivity contribution in [3.63, 3.8) is 0 Å². The largest absolute Gasteiger partial charge is 0.507 e. The summed E-state index contributed by atoms with van der Waals surface area (Å²) in [5, 5.41) is 12.6. The van der Waals surface area contributed by atoms with Gasteiger partial charge < -0.3 is 5.11 Å². The molecule has 9 aromatic rings. The number of aromatic nitrogens is 3. The number of aromatic hydroxyl groups is 1. The topological polar surface area (TPSA) is 50.9 Å². The van der Waals surface area contributed by atoms with E-state index in [0.717, 1.165) is 72.5 Å². The van der Waals surface area contributed by atoms with Crippen LogP contribution < -0.4 is 0 Å². The van der Waals surface area contributed by atoms with Crippen molar-refractivity contribution in [1.82, 2.24) is 14.5 Å². The molecule has 344 valence electrons. The van der Waals surface area contributed by atoms with E-state index in [-0.39, 0.29) is 48.5 Å². The molecular formula is C63H60N3OPt-. The molecule has 0 spiro atoms. The van der Waals surface area contributed by atoms with Crippen molar-refractivity contribution in [1.29, 1.82) is 0 Å². The molecule has 0 atom stereocenters. The number of hydrogen-bond donors (Lipinski definition) is 1. The zero-order chi connectivity index (χ0) is 47.2. The quantitative estimate of drug-likeness (QED) is 0.169. The molecule has 0 saturated carbocycles. The van der Waals surface area contributed by atoms with Crippen LogP contribution in [0, 0.1) is 6.07 Å². The average Bonchev–Trinajstić information content (AvgIpc) is 3.80. The summed E-state index contributed by atoms with van der Waals surface area (Å²) >= 11 is 0. The number of para-hydroxylation sites is 1. The van der Waals surface area contributed by atoms with Gasteiger partial charge in [0, 0.05) is 49.5 Å². The normalized spacial score (nSPS) is 13.3. The first-order valence-electron chi connectivity index (χ1n) is 23.6. The van der Waals surface area contributed by atoms with E-state index in [1.165, 1.54) is 27.8 Å². The molecule has 0 unspecified atom stereocenters. The minimum absolute atomic E-state index is 0. The van der Waals surface area contributed by atoms with Crippen LogP contribution in [0.15, 0.2) is 158 Å². The monoisotopic (exact) mass is 1070 g/mol. The van der Waals surface area contributed by atoms with E-state index in [9.17, 15) is 5.11 Å². The summed E-state index contributed by atoms with van der Waals surface area (Å²) < 4.78 is 2.29. The van der Waals surface area contributed by atoms with Crippen molar-refractivity contribution in [2.45, 2.75) is 97.8 Å². The van der Waals surface area contributed by atoms with Crippen LogP contribution in [0.25, 0.3) is 83.9 Å². The maximum atomic E-state index is 12.6. The van der Waals surface area contributed by atoms with E-state index in [1.807, 2.05) is 6.20 Å². The molecule has 1 aliphatic rings. The van der Waals surface area contributed by atoms with E-state index in [0.29, 0.717) is 11.4 Å². The van der Waals surface area contributed by atoms with E-state index in [4.69, 9.17) is 9.97 Å². The first kappa shape index (κ1) is 46.7. The number of imidazole rings is 1. The molecule has 4 nitrogen and oxygen atoms in total.